The molecule has 0 aliphatic carbocycles. The van der Waals surface area contributed by atoms with Gasteiger partial charge in [0, 0.05) is 22.9 Å². The van der Waals surface area contributed by atoms with Crippen LogP contribution in [0, 0.1) is 6.92 Å². The van der Waals surface area contributed by atoms with Crippen molar-refractivity contribution in [3.8, 4) is 0 Å². The van der Waals surface area contributed by atoms with Gasteiger partial charge in [-0.2, -0.15) is 0 Å². The fraction of sp³-hybridized carbons (Fsp3) is 0.211. The molecule has 4 heteroatoms. The number of aromatic nitrogens is 1. The number of benzene rings is 2. The third-order valence-corrected chi connectivity index (χ3v) is 4.71. The Morgan fingerprint density at radius 1 is 1.22 bits per heavy atom. The maximum Gasteiger partial charge on any atom is 0.153 e. The number of carboxylic acids is 1. The molecule has 3 N–H and O–H groups in total. The van der Waals surface area contributed by atoms with Crippen LogP contribution in [-0.2, 0) is 11.2 Å². The Morgan fingerprint density at radius 3 is 2.83 bits per heavy atom. The first-order chi connectivity index (χ1) is 11.1. The van der Waals surface area contributed by atoms with Crippen LogP contribution in [0.3, 0.4) is 0 Å². The summed E-state index contributed by atoms with van der Waals surface area (Å²) in [5.41, 5.74) is 5.55. The van der Waals surface area contributed by atoms with Crippen LogP contribution in [-0.4, -0.2) is 17.0 Å². The average molecular weight is 306 g/mol. The third kappa shape index (κ3) is 2.32. The minimum absolute atomic E-state index is 0.0473. The van der Waals surface area contributed by atoms with Gasteiger partial charge in [-0.05, 0) is 24.6 Å². The largest absolute Gasteiger partial charge is 0.544 e. The van der Waals surface area contributed by atoms with Crippen molar-refractivity contribution in [2.24, 2.45) is 0 Å². The summed E-state index contributed by atoms with van der Waals surface area (Å²) in [7, 11) is 0. The summed E-state index contributed by atoms with van der Waals surface area (Å²) < 4.78 is 0. The normalized spacial score (nSPS) is 20.4. The van der Waals surface area contributed by atoms with E-state index in [-0.39, 0.29) is 6.04 Å². The number of nitrogens with one attached hydrogen (secondary N) is 1. The molecule has 2 atom stereocenters. The van der Waals surface area contributed by atoms with E-state index in [0.29, 0.717) is 6.42 Å². The Balaban J connectivity index is 1.91. The molecule has 2 aromatic carbocycles. The van der Waals surface area contributed by atoms with Crippen LogP contribution >= 0.6 is 0 Å². The second-order valence-corrected chi connectivity index (χ2v) is 6.28. The molecule has 2 heterocycles. The van der Waals surface area contributed by atoms with Crippen molar-refractivity contribution in [3.63, 3.8) is 0 Å². The summed E-state index contributed by atoms with van der Waals surface area (Å²) in [4.78, 5) is 15.0. The minimum Gasteiger partial charge on any atom is -0.544 e. The van der Waals surface area contributed by atoms with Gasteiger partial charge < -0.3 is 20.2 Å². The zero-order valence-electron chi connectivity index (χ0n) is 12.9. The predicted octanol–water partition coefficient (Wildman–Crippen LogP) is 0.804. The fourth-order valence-electron chi connectivity index (χ4n) is 3.63. The molecule has 1 aliphatic rings. The van der Waals surface area contributed by atoms with Gasteiger partial charge >= 0.3 is 0 Å². The molecule has 116 valence electrons. The highest BCUT2D eigenvalue weighted by Crippen LogP contribution is 2.31. The molecule has 0 spiro atoms. The highest BCUT2D eigenvalue weighted by atomic mass is 16.4. The number of carboxylic acid groups (broad SMARTS) is 1. The number of para-hydroxylation sites is 1. The lowest BCUT2D eigenvalue weighted by Crippen LogP contribution is -2.95. The van der Waals surface area contributed by atoms with Crippen LogP contribution in [0.1, 0.15) is 28.4 Å². The molecule has 0 amide bonds. The summed E-state index contributed by atoms with van der Waals surface area (Å²) in [6.45, 7) is 2.05. The maximum atomic E-state index is 11.5. The Morgan fingerprint density at radius 2 is 2.04 bits per heavy atom. The second-order valence-electron chi connectivity index (χ2n) is 6.28. The molecule has 0 radical (unpaired) electrons. The van der Waals surface area contributed by atoms with E-state index in [2.05, 4.69) is 36.2 Å². The van der Waals surface area contributed by atoms with E-state index in [1.54, 1.807) is 0 Å². The number of hydrogen-bond donors (Lipinski definition) is 2. The summed E-state index contributed by atoms with van der Waals surface area (Å²) in [6, 6.07) is 15.7. The molecule has 0 bridgehead atoms. The van der Waals surface area contributed by atoms with Gasteiger partial charge in [0.1, 0.15) is 6.04 Å². The molecular weight excluding hydrogens is 288 g/mol. The number of carbonyl (C=O) groups is 1. The number of aromatic amines is 1. The minimum atomic E-state index is -1.00. The lowest BCUT2D eigenvalue weighted by molar-refractivity contribution is -0.717. The Hall–Kier alpha value is -2.59. The zero-order chi connectivity index (χ0) is 16.0. The number of H-pyrrole nitrogens is 1. The molecule has 1 aromatic heterocycles. The molecule has 1 aliphatic heterocycles. The van der Waals surface area contributed by atoms with Crippen molar-refractivity contribution < 1.29 is 15.2 Å². The number of quaternary nitrogens is 1. The average Bonchev–Trinajstić information content (AvgIpc) is 2.92. The Labute approximate surface area is 134 Å². The first-order valence-electron chi connectivity index (χ1n) is 7.85. The van der Waals surface area contributed by atoms with Gasteiger partial charge in [-0.15, -0.1) is 0 Å². The summed E-state index contributed by atoms with van der Waals surface area (Å²) in [6.07, 6.45) is 0.490. The van der Waals surface area contributed by atoms with Crippen LogP contribution in [0.15, 0.2) is 48.5 Å². The van der Waals surface area contributed by atoms with Crippen LogP contribution in [0.5, 0.6) is 0 Å². The molecule has 0 saturated carbocycles. The number of aryl methyl sites for hydroxylation is 1. The van der Waals surface area contributed by atoms with E-state index in [9.17, 15) is 9.90 Å². The molecule has 0 unspecified atom stereocenters. The Kier molecular flexibility index (Phi) is 3.20. The summed E-state index contributed by atoms with van der Waals surface area (Å²) in [5.74, 6) is -1.00. The molecule has 0 saturated heterocycles. The van der Waals surface area contributed by atoms with Crippen LogP contribution in [0.2, 0.25) is 0 Å². The zero-order valence-corrected chi connectivity index (χ0v) is 12.9. The van der Waals surface area contributed by atoms with Crippen molar-refractivity contribution in [1.29, 1.82) is 0 Å². The van der Waals surface area contributed by atoms with E-state index in [4.69, 9.17) is 0 Å². The third-order valence-electron chi connectivity index (χ3n) is 4.71. The number of nitrogens with two attached hydrogens (primary N) is 1. The molecular formula is C19H18N2O2. The smallest absolute Gasteiger partial charge is 0.153 e. The standard InChI is InChI=1S/C19H18N2O2/c1-11-5-4-6-12(9-11)17-18-14(10-16(21-17)19(22)23)13-7-2-3-8-15(13)20-18/h2-9,16-17,20-21H,10H2,1H3,(H,22,23)/t16-,17-/m1/s1. The highest BCUT2D eigenvalue weighted by molar-refractivity contribution is 5.86. The number of aliphatic carboxylic acids is 1. The quantitative estimate of drug-likeness (QED) is 0.735. The predicted molar refractivity (Wildman–Crippen MR) is 85.7 cm³/mol. The van der Waals surface area contributed by atoms with Gasteiger partial charge in [0.25, 0.3) is 0 Å². The van der Waals surface area contributed by atoms with Crippen molar-refractivity contribution in [2.75, 3.05) is 0 Å². The lowest BCUT2D eigenvalue weighted by atomic mass is 9.90. The SMILES string of the molecule is Cc1cccc([C@H]2[NH2+][C@@H](C(=O)[O-])Cc3c2[nH]c2ccccc32)c1. The van der Waals surface area contributed by atoms with Gasteiger partial charge in [0.05, 0.1) is 11.7 Å². The van der Waals surface area contributed by atoms with Crippen LogP contribution < -0.4 is 10.4 Å². The van der Waals surface area contributed by atoms with Gasteiger partial charge in [-0.1, -0.05) is 42.0 Å². The highest BCUT2D eigenvalue weighted by Gasteiger charge is 2.34. The van der Waals surface area contributed by atoms with Crippen LogP contribution in [0.25, 0.3) is 10.9 Å². The van der Waals surface area contributed by atoms with E-state index < -0.39 is 12.0 Å². The van der Waals surface area contributed by atoms with E-state index >= 15 is 0 Å². The summed E-state index contributed by atoms with van der Waals surface area (Å²) >= 11 is 0. The van der Waals surface area contributed by atoms with Gasteiger partial charge in [-0.25, -0.2) is 0 Å². The number of hydrogen-bond acceptors (Lipinski definition) is 2. The van der Waals surface area contributed by atoms with Crippen molar-refractivity contribution in [1.82, 2.24) is 4.98 Å². The van der Waals surface area contributed by atoms with E-state index in [1.165, 1.54) is 5.56 Å². The van der Waals surface area contributed by atoms with Crippen LogP contribution in [0.4, 0.5) is 0 Å². The first-order valence-corrected chi connectivity index (χ1v) is 7.85. The lowest BCUT2D eigenvalue weighted by Gasteiger charge is -2.29. The van der Waals surface area contributed by atoms with E-state index in [0.717, 1.165) is 27.7 Å². The van der Waals surface area contributed by atoms with Gasteiger partial charge in [0.15, 0.2) is 6.04 Å². The van der Waals surface area contributed by atoms with E-state index in [1.807, 2.05) is 29.6 Å². The van der Waals surface area contributed by atoms with Crippen molar-refractivity contribution >= 4 is 16.9 Å². The van der Waals surface area contributed by atoms with Crippen molar-refractivity contribution in [2.45, 2.75) is 25.4 Å². The number of rotatable bonds is 2. The summed E-state index contributed by atoms with van der Waals surface area (Å²) in [5, 5.41) is 14.5. The fourth-order valence-corrected chi connectivity index (χ4v) is 3.63. The Bertz CT molecular complexity index is 897. The molecule has 3 aromatic rings. The molecule has 0 fully saturated rings. The maximum absolute atomic E-state index is 11.5. The second kappa shape index (κ2) is 5.25. The van der Waals surface area contributed by atoms with Crippen molar-refractivity contribution in [3.05, 3.63) is 70.9 Å². The van der Waals surface area contributed by atoms with Gasteiger partial charge in [-0.3, -0.25) is 0 Å². The molecule has 4 nitrogen and oxygen atoms in total. The first kappa shape index (κ1) is 14.0. The number of carbonyl (C=O) groups excluding carboxylic acids is 1. The number of fused-ring (bicyclic) bond motifs is 3. The molecule has 23 heavy (non-hydrogen) atoms. The molecule has 4 rings (SSSR count). The topological polar surface area (TPSA) is 72.5 Å². The monoisotopic (exact) mass is 306 g/mol. The van der Waals surface area contributed by atoms with Gasteiger partial charge in [0.2, 0.25) is 0 Å².